The Morgan fingerprint density at radius 1 is 1.39 bits per heavy atom. The Labute approximate surface area is 103 Å². The number of halogens is 1. The molecule has 0 saturated heterocycles. The van der Waals surface area contributed by atoms with Crippen LogP contribution < -0.4 is 4.74 Å². The molecule has 5 nitrogen and oxygen atoms in total. The summed E-state index contributed by atoms with van der Waals surface area (Å²) in [6, 6.07) is 2.93. The lowest BCUT2D eigenvalue weighted by atomic mass is 10.1. The number of hydrogen-bond acceptors (Lipinski definition) is 3. The third kappa shape index (κ3) is 3.44. The van der Waals surface area contributed by atoms with Crippen LogP contribution in [0, 0.1) is 5.82 Å². The fourth-order valence-electron chi connectivity index (χ4n) is 1.42. The maximum Gasteiger partial charge on any atom is 0.344 e. The Bertz CT molecular complexity index is 458. The van der Waals surface area contributed by atoms with Crippen molar-refractivity contribution in [2.45, 2.75) is 25.9 Å². The summed E-state index contributed by atoms with van der Waals surface area (Å²) in [6.07, 6.45) is -0.328. The molecular weight excluding hydrogens is 243 g/mol. The quantitative estimate of drug-likeness (QED) is 0.814. The van der Waals surface area contributed by atoms with E-state index in [1.54, 1.807) is 6.92 Å². The van der Waals surface area contributed by atoms with Crippen molar-refractivity contribution in [2.75, 3.05) is 0 Å². The predicted molar refractivity (Wildman–Crippen MR) is 60.3 cm³/mol. The molecule has 1 rings (SSSR count). The highest BCUT2D eigenvalue weighted by Gasteiger charge is 2.21. The normalized spacial score (nSPS) is 11.9. The highest BCUT2D eigenvalue weighted by Crippen LogP contribution is 2.22. The number of hydrogen-bond donors (Lipinski definition) is 2. The molecule has 0 spiro atoms. The molecule has 1 aromatic carbocycles. The van der Waals surface area contributed by atoms with E-state index in [9.17, 15) is 14.0 Å². The number of ether oxygens (including phenoxy) is 1. The number of rotatable bonds is 6. The van der Waals surface area contributed by atoms with Crippen LogP contribution in [0.15, 0.2) is 18.2 Å². The lowest BCUT2D eigenvalue weighted by Gasteiger charge is -2.15. The van der Waals surface area contributed by atoms with Crippen LogP contribution in [0.1, 0.15) is 30.1 Å². The average molecular weight is 256 g/mol. The topological polar surface area (TPSA) is 83.8 Å². The van der Waals surface area contributed by atoms with Crippen LogP contribution in [-0.4, -0.2) is 28.3 Å². The molecule has 0 amide bonds. The fraction of sp³-hybridized carbons (Fsp3) is 0.333. The molecule has 98 valence electrons. The fourth-order valence-corrected chi connectivity index (χ4v) is 1.42. The zero-order valence-electron chi connectivity index (χ0n) is 9.72. The van der Waals surface area contributed by atoms with Crippen molar-refractivity contribution < 1.29 is 28.9 Å². The SMILES string of the molecule is CCCC(Oc1ccc(F)cc1C(=O)O)C(=O)O. The van der Waals surface area contributed by atoms with Crippen molar-refractivity contribution in [3.05, 3.63) is 29.6 Å². The zero-order chi connectivity index (χ0) is 13.7. The zero-order valence-corrected chi connectivity index (χ0v) is 9.72. The van der Waals surface area contributed by atoms with Gasteiger partial charge in [-0.1, -0.05) is 13.3 Å². The minimum Gasteiger partial charge on any atom is -0.479 e. The summed E-state index contributed by atoms with van der Waals surface area (Å²) in [5.74, 6) is -3.42. The van der Waals surface area contributed by atoms with Gasteiger partial charge in [-0.3, -0.25) is 0 Å². The smallest absolute Gasteiger partial charge is 0.344 e. The first-order valence-corrected chi connectivity index (χ1v) is 5.38. The van der Waals surface area contributed by atoms with Gasteiger partial charge in [0.05, 0.1) is 0 Å². The van der Waals surface area contributed by atoms with Gasteiger partial charge in [-0.25, -0.2) is 14.0 Å². The van der Waals surface area contributed by atoms with Crippen molar-refractivity contribution in [2.24, 2.45) is 0 Å². The first-order chi connectivity index (χ1) is 8.45. The number of carbonyl (C=O) groups is 2. The van der Waals surface area contributed by atoms with E-state index >= 15 is 0 Å². The van der Waals surface area contributed by atoms with E-state index in [-0.39, 0.29) is 12.2 Å². The number of aromatic carboxylic acids is 1. The van der Waals surface area contributed by atoms with Crippen LogP contribution in [0.25, 0.3) is 0 Å². The number of carboxylic acid groups (broad SMARTS) is 2. The Balaban J connectivity index is 3.01. The molecule has 0 aliphatic carbocycles. The highest BCUT2D eigenvalue weighted by atomic mass is 19.1. The predicted octanol–water partition coefficient (Wildman–Crippen LogP) is 2.16. The van der Waals surface area contributed by atoms with Crippen molar-refractivity contribution >= 4 is 11.9 Å². The second kappa shape index (κ2) is 6.00. The molecule has 0 bridgehead atoms. The van der Waals surface area contributed by atoms with Gasteiger partial charge < -0.3 is 14.9 Å². The van der Waals surface area contributed by atoms with E-state index in [1.807, 2.05) is 0 Å². The van der Waals surface area contributed by atoms with Gasteiger partial charge in [-0.15, -0.1) is 0 Å². The molecule has 1 aromatic rings. The van der Waals surface area contributed by atoms with Crippen molar-refractivity contribution in [1.29, 1.82) is 0 Å². The largest absolute Gasteiger partial charge is 0.479 e. The molecule has 0 fully saturated rings. The summed E-state index contributed by atoms with van der Waals surface area (Å²) in [6.45, 7) is 1.78. The molecule has 0 heterocycles. The summed E-state index contributed by atoms with van der Waals surface area (Å²) in [5, 5.41) is 17.8. The monoisotopic (exact) mass is 256 g/mol. The van der Waals surface area contributed by atoms with Gasteiger partial charge in [-0.05, 0) is 24.6 Å². The molecule has 18 heavy (non-hydrogen) atoms. The minimum absolute atomic E-state index is 0.148. The first-order valence-electron chi connectivity index (χ1n) is 5.38. The van der Waals surface area contributed by atoms with Crippen molar-refractivity contribution in [3.8, 4) is 5.75 Å². The van der Waals surface area contributed by atoms with E-state index in [0.29, 0.717) is 6.42 Å². The first kappa shape index (κ1) is 14.0. The summed E-state index contributed by atoms with van der Waals surface area (Å²) in [5.41, 5.74) is -0.391. The molecule has 1 atom stereocenters. The molecule has 0 aromatic heterocycles. The summed E-state index contributed by atoms with van der Waals surface area (Å²) < 4.78 is 18.0. The van der Waals surface area contributed by atoms with Gasteiger partial charge in [0, 0.05) is 0 Å². The standard InChI is InChI=1S/C12H13FO5/c1-2-3-10(12(16)17)18-9-5-4-7(13)6-8(9)11(14)15/h4-6,10H,2-3H2,1H3,(H,14,15)(H,16,17). The molecule has 0 saturated carbocycles. The molecule has 0 radical (unpaired) electrons. The van der Waals surface area contributed by atoms with Gasteiger partial charge in [0.15, 0.2) is 6.10 Å². The van der Waals surface area contributed by atoms with Gasteiger partial charge in [0.2, 0.25) is 0 Å². The van der Waals surface area contributed by atoms with Crippen LogP contribution in [0.5, 0.6) is 5.75 Å². The number of carboxylic acids is 2. The molecule has 2 N–H and O–H groups in total. The molecule has 6 heteroatoms. The third-order valence-electron chi connectivity index (χ3n) is 2.27. The maximum absolute atomic E-state index is 12.9. The van der Waals surface area contributed by atoms with Gasteiger partial charge in [-0.2, -0.15) is 0 Å². The van der Waals surface area contributed by atoms with E-state index in [4.69, 9.17) is 14.9 Å². The minimum atomic E-state index is -1.37. The van der Waals surface area contributed by atoms with E-state index in [1.165, 1.54) is 0 Å². The Morgan fingerprint density at radius 3 is 2.56 bits per heavy atom. The average Bonchev–Trinajstić information content (AvgIpc) is 2.30. The molecule has 0 aliphatic heterocycles. The van der Waals surface area contributed by atoms with Gasteiger partial charge in [0.1, 0.15) is 17.1 Å². The van der Waals surface area contributed by atoms with Crippen LogP contribution in [0.2, 0.25) is 0 Å². The van der Waals surface area contributed by atoms with Crippen LogP contribution >= 0.6 is 0 Å². The molecule has 0 aliphatic rings. The Kier molecular flexibility index (Phi) is 4.65. The highest BCUT2D eigenvalue weighted by molar-refractivity contribution is 5.91. The van der Waals surface area contributed by atoms with E-state index < -0.39 is 29.4 Å². The number of benzene rings is 1. The maximum atomic E-state index is 12.9. The second-order valence-corrected chi connectivity index (χ2v) is 3.68. The van der Waals surface area contributed by atoms with Crippen molar-refractivity contribution in [3.63, 3.8) is 0 Å². The second-order valence-electron chi connectivity index (χ2n) is 3.68. The Hall–Kier alpha value is -2.11. The van der Waals surface area contributed by atoms with Gasteiger partial charge in [0.25, 0.3) is 0 Å². The lowest BCUT2D eigenvalue weighted by Crippen LogP contribution is -2.27. The van der Waals surface area contributed by atoms with E-state index in [0.717, 1.165) is 18.2 Å². The molecular formula is C12H13FO5. The van der Waals surface area contributed by atoms with Crippen LogP contribution in [0.4, 0.5) is 4.39 Å². The summed E-state index contributed by atoms with van der Waals surface area (Å²) in [7, 11) is 0. The lowest BCUT2D eigenvalue weighted by molar-refractivity contribution is -0.145. The summed E-state index contributed by atoms with van der Waals surface area (Å²) >= 11 is 0. The van der Waals surface area contributed by atoms with Gasteiger partial charge >= 0.3 is 11.9 Å². The summed E-state index contributed by atoms with van der Waals surface area (Å²) in [4.78, 5) is 21.8. The van der Waals surface area contributed by atoms with E-state index in [2.05, 4.69) is 0 Å². The Morgan fingerprint density at radius 2 is 2.06 bits per heavy atom. The molecule has 1 unspecified atom stereocenters. The number of aliphatic carboxylic acids is 1. The van der Waals surface area contributed by atoms with Crippen LogP contribution in [-0.2, 0) is 4.79 Å². The van der Waals surface area contributed by atoms with Crippen molar-refractivity contribution in [1.82, 2.24) is 0 Å². The third-order valence-corrected chi connectivity index (χ3v) is 2.27. The van der Waals surface area contributed by atoms with Crippen LogP contribution in [0.3, 0.4) is 0 Å².